The van der Waals surface area contributed by atoms with Crippen LogP contribution in [0.15, 0.2) is 48.6 Å². The van der Waals surface area contributed by atoms with Crippen molar-refractivity contribution in [1.82, 2.24) is 0 Å². The number of ether oxygens (including phenoxy) is 2. The van der Waals surface area contributed by atoms with E-state index in [4.69, 9.17) is 9.47 Å². The number of allylic oxidation sites excluding steroid dienone is 8. The van der Waals surface area contributed by atoms with E-state index in [0.29, 0.717) is 12.8 Å². The Morgan fingerprint density at radius 3 is 1.43 bits per heavy atom. The lowest BCUT2D eigenvalue weighted by Crippen LogP contribution is -2.28. The fraction of sp³-hybridized carbons (Fsp3) is 0.756. The van der Waals surface area contributed by atoms with Gasteiger partial charge in [0.05, 0.1) is 6.61 Å². The molecule has 5 nitrogen and oxygen atoms in total. The maximum atomic E-state index is 12.1. The summed E-state index contributed by atoms with van der Waals surface area (Å²) in [6.07, 6.45) is 45.9. The third kappa shape index (κ3) is 34.7. The molecule has 0 aromatic heterocycles. The molecule has 0 aliphatic rings. The van der Waals surface area contributed by atoms with Crippen LogP contribution < -0.4 is 0 Å². The average Bonchev–Trinajstić information content (AvgIpc) is 3.06. The molecule has 0 aliphatic heterocycles. The van der Waals surface area contributed by atoms with Gasteiger partial charge < -0.3 is 14.6 Å². The van der Waals surface area contributed by atoms with Gasteiger partial charge in [0.1, 0.15) is 6.61 Å². The Kier molecular flexibility index (Phi) is 35.6. The van der Waals surface area contributed by atoms with Crippen molar-refractivity contribution in [1.29, 1.82) is 0 Å². The largest absolute Gasteiger partial charge is 0.462 e. The molecule has 0 heterocycles. The lowest BCUT2D eigenvalue weighted by atomic mass is 10.1. The minimum Gasteiger partial charge on any atom is -0.462 e. The summed E-state index contributed by atoms with van der Waals surface area (Å²) in [7, 11) is 0. The summed E-state index contributed by atoms with van der Waals surface area (Å²) in [5, 5.41) is 9.54. The summed E-state index contributed by atoms with van der Waals surface area (Å²) in [4.78, 5) is 24.2. The van der Waals surface area contributed by atoms with E-state index < -0.39 is 6.10 Å². The van der Waals surface area contributed by atoms with Gasteiger partial charge in [0.25, 0.3) is 0 Å². The van der Waals surface area contributed by atoms with Gasteiger partial charge in [-0.25, -0.2) is 0 Å². The maximum Gasteiger partial charge on any atom is 0.306 e. The van der Waals surface area contributed by atoms with Crippen molar-refractivity contribution in [2.75, 3.05) is 13.2 Å². The van der Waals surface area contributed by atoms with Crippen LogP contribution in [0.3, 0.4) is 0 Å². The molecule has 1 atom stereocenters. The Morgan fingerprint density at radius 1 is 0.522 bits per heavy atom. The van der Waals surface area contributed by atoms with E-state index in [0.717, 1.165) is 70.6 Å². The zero-order valence-corrected chi connectivity index (χ0v) is 30.1. The molecule has 1 N–H and O–H groups in total. The van der Waals surface area contributed by atoms with Gasteiger partial charge >= 0.3 is 11.9 Å². The smallest absolute Gasteiger partial charge is 0.306 e. The van der Waals surface area contributed by atoms with Gasteiger partial charge in [0, 0.05) is 12.8 Å². The van der Waals surface area contributed by atoms with Crippen LogP contribution in [-0.4, -0.2) is 36.4 Å². The number of rotatable bonds is 34. The lowest BCUT2D eigenvalue weighted by molar-refractivity contribution is -0.161. The van der Waals surface area contributed by atoms with Crippen LogP contribution in [0.2, 0.25) is 0 Å². The molecule has 0 aliphatic carbocycles. The summed E-state index contributed by atoms with van der Waals surface area (Å²) in [6, 6.07) is 0. The number of hydrogen-bond donors (Lipinski definition) is 1. The van der Waals surface area contributed by atoms with Crippen LogP contribution >= 0.6 is 0 Å². The molecule has 0 radical (unpaired) electrons. The topological polar surface area (TPSA) is 72.8 Å². The number of carbonyl (C=O) groups is 2. The highest BCUT2D eigenvalue weighted by Crippen LogP contribution is 2.13. The van der Waals surface area contributed by atoms with E-state index >= 15 is 0 Å². The van der Waals surface area contributed by atoms with Crippen molar-refractivity contribution in [3.8, 4) is 0 Å². The molecule has 0 aromatic carbocycles. The number of esters is 2. The molecule has 46 heavy (non-hydrogen) atoms. The van der Waals surface area contributed by atoms with Crippen LogP contribution in [0.5, 0.6) is 0 Å². The van der Waals surface area contributed by atoms with Gasteiger partial charge in [0.2, 0.25) is 0 Å². The Bertz CT molecular complexity index is 782. The minimum absolute atomic E-state index is 0.0757. The third-order valence-electron chi connectivity index (χ3n) is 8.11. The van der Waals surface area contributed by atoms with Crippen molar-refractivity contribution in [2.45, 2.75) is 187 Å². The van der Waals surface area contributed by atoms with E-state index in [1.165, 1.54) is 83.5 Å². The summed E-state index contributed by atoms with van der Waals surface area (Å²) in [5.74, 6) is -0.617. The zero-order chi connectivity index (χ0) is 33.6. The highest BCUT2D eigenvalue weighted by molar-refractivity contribution is 5.70. The molecule has 5 heteroatoms. The maximum absolute atomic E-state index is 12.1. The summed E-state index contributed by atoms with van der Waals surface area (Å²) in [6.45, 7) is 4.00. The molecular formula is C41H72O5. The molecule has 0 rings (SSSR count). The first-order valence-electron chi connectivity index (χ1n) is 19.2. The monoisotopic (exact) mass is 645 g/mol. The second-order valence-electron chi connectivity index (χ2n) is 12.6. The first kappa shape index (κ1) is 43.9. The second-order valence-corrected chi connectivity index (χ2v) is 12.6. The number of unbranched alkanes of at least 4 members (excludes halogenated alkanes) is 18. The number of hydrogen-bond acceptors (Lipinski definition) is 5. The van der Waals surface area contributed by atoms with Crippen molar-refractivity contribution >= 4 is 11.9 Å². The molecule has 0 spiro atoms. The molecule has 0 fully saturated rings. The Balaban J connectivity index is 3.59. The molecular weight excluding hydrogens is 572 g/mol. The van der Waals surface area contributed by atoms with Crippen molar-refractivity contribution in [2.24, 2.45) is 0 Å². The Labute approximate surface area is 284 Å². The Hall–Kier alpha value is -2.14. The van der Waals surface area contributed by atoms with Gasteiger partial charge in [-0.3, -0.25) is 9.59 Å². The first-order chi connectivity index (χ1) is 22.6. The fourth-order valence-electron chi connectivity index (χ4n) is 5.21. The van der Waals surface area contributed by atoms with Crippen LogP contribution in [0, 0.1) is 0 Å². The van der Waals surface area contributed by atoms with Gasteiger partial charge in [-0.1, -0.05) is 146 Å². The summed E-state index contributed by atoms with van der Waals surface area (Å²) < 4.78 is 10.6. The van der Waals surface area contributed by atoms with Crippen molar-refractivity contribution in [3.63, 3.8) is 0 Å². The minimum atomic E-state index is -0.781. The number of carbonyl (C=O) groups excluding carboxylic acids is 2. The lowest BCUT2D eigenvalue weighted by Gasteiger charge is -2.15. The summed E-state index contributed by atoms with van der Waals surface area (Å²) in [5.41, 5.74) is 0. The van der Waals surface area contributed by atoms with E-state index in [-0.39, 0.29) is 25.2 Å². The zero-order valence-electron chi connectivity index (χ0n) is 30.1. The van der Waals surface area contributed by atoms with E-state index in [1.54, 1.807) is 0 Å². The second kappa shape index (κ2) is 37.3. The van der Waals surface area contributed by atoms with E-state index in [9.17, 15) is 14.7 Å². The quantitative estimate of drug-likeness (QED) is 0.0429. The molecule has 266 valence electrons. The van der Waals surface area contributed by atoms with E-state index in [1.807, 2.05) is 0 Å². The molecule has 0 bridgehead atoms. The normalized spacial score (nSPS) is 12.7. The van der Waals surface area contributed by atoms with Crippen LogP contribution in [-0.2, 0) is 19.1 Å². The van der Waals surface area contributed by atoms with Gasteiger partial charge in [-0.15, -0.1) is 0 Å². The molecule has 0 saturated heterocycles. The van der Waals surface area contributed by atoms with Gasteiger partial charge in [-0.2, -0.15) is 0 Å². The number of aliphatic hydroxyl groups is 1. The van der Waals surface area contributed by atoms with Gasteiger partial charge in [-0.05, 0) is 70.6 Å². The third-order valence-corrected chi connectivity index (χ3v) is 8.11. The van der Waals surface area contributed by atoms with E-state index in [2.05, 4.69) is 62.5 Å². The average molecular weight is 645 g/mol. The Morgan fingerprint density at radius 2 is 0.935 bits per heavy atom. The van der Waals surface area contributed by atoms with Crippen LogP contribution in [0.4, 0.5) is 0 Å². The predicted octanol–water partition coefficient (Wildman–Crippen LogP) is 11.8. The predicted molar refractivity (Wildman–Crippen MR) is 196 cm³/mol. The highest BCUT2D eigenvalue weighted by Gasteiger charge is 2.16. The summed E-state index contributed by atoms with van der Waals surface area (Å²) >= 11 is 0. The van der Waals surface area contributed by atoms with Crippen molar-refractivity contribution in [3.05, 3.63) is 48.6 Å². The highest BCUT2D eigenvalue weighted by atomic mass is 16.6. The first-order valence-corrected chi connectivity index (χ1v) is 19.2. The fourth-order valence-corrected chi connectivity index (χ4v) is 5.21. The SMILES string of the molecule is CC/C=C\C/C=C\C/C=C\CCCCCCCC(=O)OC(CO)COC(=O)CCCCCCCCC/C=C\CCCCCCCC. The van der Waals surface area contributed by atoms with Crippen LogP contribution in [0.1, 0.15) is 181 Å². The standard InChI is InChI=1S/C41H72O5/c1-3-5-7-9-11-13-15-17-19-20-22-23-25-27-29-31-33-35-40(43)45-38-39(37-42)46-41(44)36-34-32-30-28-26-24-21-18-16-14-12-10-8-6-4-2/h6,8,12,14,17-19,21,39,42H,3-5,7,9-11,13,15-16,20,22-38H2,1-2H3/b8-6-,14-12-,19-17-,21-18-. The van der Waals surface area contributed by atoms with Gasteiger partial charge in [0.15, 0.2) is 6.10 Å². The number of aliphatic hydroxyl groups excluding tert-OH is 1. The molecule has 0 amide bonds. The molecule has 0 saturated carbocycles. The molecule has 0 aromatic rings. The van der Waals surface area contributed by atoms with Crippen LogP contribution in [0.25, 0.3) is 0 Å². The molecule has 1 unspecified atom stereocenters. The van der Waals surface area contributed by atoms with Crippen molar-refractivity contribution < 1.29 is 24.2 Å².